The summed E-state index contributed by atoms with van der Waals surface area (Å²) in [4.78, 5) is 37.5. The first-order valence-electron chi connectivity index (χ1n) is 10.8. The number of carbonyl (C=O) groups is 3. The van der Waals surface area contributed by atoms with Gasteiger partial charge in [-0.15, -0.1) is 4.41 Å². The van der Waals surface area contributed by atoms with E-state index in [2.05, 4.69) is 5.43 Å². The number of hydrogen-bond donors (Lipinski definition) is 3. The van der Waals surface area contributed by atoms with Crippen LogP contribution >= 0.6 is 23.4 Å². The maximum Gasteiger partial charge on any atom is 0.323 e. The van der Waals surface area contributed by atoms with Gasteiger partial charge in [0.1, 0.15) is 11.4 Å². The number of aliphatic carboxylic acids is 1. The van der Waals surface area contributed by atoms with E-state index in [1.165, 1.54) is 0 Å². The first kappa shape index (κ1) is 29.1. The summed E-state index contributed by atoms with van der Waals surface area (Å²) in [6.45, 7) is 0.240. The van der Waals surface area contributed by atoms with Crippen LogP contribution in [0.15, 0.2) is 53.1 Å². The number of carbonyl (C=O) groups excluding carboxylic acids is 2. The van der Waals surface area contributed by atoms with E-state index < -0.39 is 55.0 Å². The molecule has 0 bridgehead atoms. The van der Waals surface area contributed by atoms with Crippen LogP contribution in [0, 0.1) is 5.92 Å². The quantitative estimate of drug-likeness (QED) is 0.326. The topological polar surface area (TPSA) is 184 Å². The molecule has 1 aliphatic heterocycles. The van der Waals surface area contributed by atoms with Crippen molar-refractivity contribution >= 4 is 60.4 Å². The molecule has 0 fully saturated rings. The Morgan fingerprint density at radius 1 is 1.30 bits per heavy atom. The number of carboxylic acid groups (broad SMARTS) is 1. The zero-order chi connectivity index (χ0) is 27.6. The normalized spacial score (nSPS) is 21.7. The third-order valence-electron chi connectivity index (χ3n) is 5.61. The molecule has 12 nitrogen and oxygen atoms in total. The molecule has 202 valence electrons. The Morgan fingerprint density at radius 2 is 1.95 bits per heavy atom. The fraction of sp³-hybridized carbons (Fsp3) is 0.381. The van der Waals surface area contributed by atoms with Crippen LogP contribution in [0.2, 0.25) is 0 Å². The Kier molecular flexibility index (Phi) is 8.76. The summed E-state index contributed by atoms with van der Waals surface area (Å²) in [6.07, 6.45) is 1.60. The molecule has 0 saturated carbocycles. The van der Waals surface area contributed by atoms with Crippen molar-refractivity contribution in [2.24, 2.45) is 11.1 Å². The minimum Gasteiger partial charge on any atom is -0.480 e. The van der Waals surface area contributed by atoms with Gasteiger partial charge in [0.15, 0.2) is 4.21 Å². The zero-order valence-corrected chi connectivity index (χ0v) is 22.7. The molecule has 2 atom stereocenters. The predicted molar refractivity (Wildman–Crippen MR) is 138 cm³/mol. The molecule has 2 aliphatic rings. The van der Waals surface area contributed by atoms with Crippen molar-refractivity contribution in [2.45, 2.75) is 17.6 Å². The molecule has 0 saturated heterocycles. The summed E-state index contributed by atoms with van der Waals surface area (Å²) in [5.41, 5.74) is 3.05. The number of nitrogens with zero attached hydrogens (tertiary/aromatic N) is 2. The number of halogens is 1. The minimum atomic E-state index is -4.26. The van der Waals surface area contributed by atoms with Gasteiger partial charge in [-0.25, -0.2) is 22.0 Å². The molecule has 1 amide bonds. The number of alkyl halides is 1. The summed E-state index contributed by atoms with van der Waals surface area (Å²) in [6, 6.07) is 8.47. The lowest BCUT2D eigenvalue weighted by Crippen LogP contribution is -2.47. The Bertz CT molecular complexity index is 1370. The largest absolute Gasteiger partial charge is 0.480 e. The van der Waals surface area contributed by atoms with Gasteiger partial charge in [-0.2, -0.15) is 0 Å². The molecule has 1 heterocycles. The minimum absolute atomic E-state index is 0.00632. The highest BCUT2D eigenvalue weighted by Crippen LogP contribution is 2.39. The van der Waals surface area contributed by atoms with Crippen molar-refractivity contribution in [1.82, 2.24) is 14.7 Å². The van der Waals surface area contributed by atoms with E-state index in [1.54, 1.807) is 37.3 Å². The van der Waals surface area contributed by atoms with Gasteiger partial charge >= 0.3 is 5.97 Å². The second-order valence-corrected chi connectivity index (χ2v) is 13.9. The second-order valence-electron chi connectivity index (χ2n) is 8.39. The molecule has 37 heavy (non-hydrogen) atoms. The third kappa shape index (κ3) is 6.53. The van der Waals surface area contributed by atoms with Crippen LogP contribution in [-0.2, 0) is 29.6 Å². The van der Waals surface area contributed by atoms with E-state index in [0.29, 0.717) is 5.56 Å². The molecule has 0 aromatic heterocycles. The first-order chi connectivity index (χ1) is 17.2. The van der Waals surface area contributed by atoms with Gasteiger partial charge in [0.05, 0.1) is 12.2 Å². The molecule has 0 radical (unpaired) electrons. The number of nitrogens with one attached hydrogen (secondary N) is 1. The number of rotatable bonds is 10. The lowest BCUT2D eigenvalue weighted by molar-refractivity contribution is -0.145. The number of primary sulfonamides is 1. The smallest absolute Gasteiger partial charge is 0.323 e. The van der Waals surface area contributed by atoms with Gasteiger partial charge in [0.25, 0.3) is 10.0 Å². The number of carboxylic acids is 1. The second kappa shape index (κ2) is 11.1. The lowest BCUT2D eigenvalue weighted by atomic mass is 10.1. The maximum absolute atomic E-state index is 13.0. The van der Waals surface area contributed by atoms with Crippen molar-refractivity contribution in [3.8, 4) is 0 Å². The highest BCUT2D eigenvalue weighted by molar-refractivity contribution is 8.14. The van der Waals surface area contributed by atoms with Crippen LogP contribution < -0.4 is 10.6 Å². The Morgan fingerprint density at radius 3 is 2.54 bits per heavy atom. The number of amides is 1. The number of nitrogens with two attached hydrogens (primary N) is 1. The number of allylic oxidation sites excluding steroid dienone is 2. The molecule has 3 rings (SSSR count). The van der Waals surface area contributed by atoms with E-state index in [9.17, 15) is 36.3 Å². The number of hydrogen-bond acceptors (Lipinski definition) is 9. The molecule has 16 heteroatoms. The van der Waals surface area contributed by atoms with Crippen LogP contribution in [0.4, 0.5) is 0 Å². The fourth-order valence-corrected chi connectivity index (χ4v) is 6.71. The average molecular weight is 593 g/mol. The van der Waals surface area contributed by atoms with Gasteiger partial charge < -0.3 is 15.4 Å². The van der Waals surface area contributed by atoms with Gasteiger partial charge in [-0.1, -0.05) is 60.6 Å². The first-order valence-corrected chi connectivity index (χ1v) is 15.2. The Hall–Kier alpha value is -2.43. The lowest BCUT2D eigenvalue weighted by Gasteiger charge is -2.27. The number of thioether (sulfide) groups is 1. The van der Waals surface area contributed by atoms with Crippen LogP contribution in [-0.4, -0.2) is 77.8 Å². The summed E-state index contributed by atoms with van der Waals surface area (Å²) in [5.74, 6) is -2.51. The molecule has 1 aromatic carbocycles. The molecule has 0 spiro atoms. The standard InChI is InChI=1S/C21H25ClN4O8S3/c1-14(13-35-20(30)15-5-3-2-4-6-15)19(29)25(12-18(27)28)9-10-26-24-16-11-21(22,37(23,33)34)8-7-17(16)36(26,31)32/h2-8,14,24H,9-13H2,1H3,(H,27,28)(H2,23,33,34). The fourth-order valence-electron chi connectivity index (χ4n) is 3.61. The van der Waals surface area contributed by atoms with E-state index in [4.69, 9.17) is 16.7 Å². The molecular formula is C21H25ClN4O8S3. The van der Waals surface area contributed by atoms with Crippen molar-refractivity contribution in [2.75, 3.05) is 25.4 Å². The van der Waals surface area contributed by atoms with E-state index in [1.807, 2.05) is 0 Å². The monoisotopic (exact) mass is 592 g/mol. The summed E-state index contributed by atoms with van der Waals surface area (Å²) in [5, 5.41) is 14.2. The highest BCUT2D eigenvalue weighted by Gasteiger charge is 2.47. The van der Waals surface area contributed by atoms with Crippen molar-refractivity contribution in [3.05, 3.63) is 58.6 Å². The summed E-state index contributed by atoms with van der Waals surface area (Å²) < 4.78 is 48.2. The van der Waals surface area contributed by atoms with Crippen LogP contribution in [0.5, 0.6) is 0 Å². The Labute approximate surface area is 223 Å². The maximum atomic E-state index is 13.0. The molecule has 1 aliphatic carbocycles. The van der Waals surface area contributed by atoms with Crippen molar-refractivity contribution in [3.63, 3.8) is 0 Å². The van der Waals surface area contributed by atoms with E-state index >= 15 is 0 Å². The Balaban J connectivity index is 1.65. The van der Waals surface area contributed by atoms with Gasteiger partial charge in [-0.3, -0.25) is 14.4 Å². The molecule has 1 aromatic rings. The number of sulfonamides is 2. The SMILES string of the molecule is CC(CSC(=O)c1ccccc1)C(=O)N(CCN1NC2=C(C=CC(Cl)(S(N)(=O)=O)C2)S1(=O)=O)CC(=O)O. The molecule has 2 unspecified atom stereocenters. The summed E-state index contributed by atoms with van der Waals surface area (Å²) in [7, 11) is -8.38. The number of hydrazine groups is 1. The van der Waals surface area contributed by atoms with Gasteiger partial charge in [0, 0.05) is 30.2 Å². The highest BCUT2D eigenvalue weighted by atomic mass is 35.5. The zero-order valence-electron chi connectivity index (χ0n) is 19.5. The van der Waals surface area contributed by atoms with Gasteiger partial charge in [0.2, 0.25) is 21.0 Å². The van der Waals surface area contributed by atoms with Crippen LogP contribution in [0.25, 0.3) is 0 Å². The van der Waals surface area contributed by atoms with E-state index in [-0.39, 0.29) is 34.6 Å². The third-order valence-corrected chi connectivity index (χ3v) is 10.7. The van der Waals surface area contributed by atoms with Crippen molar-refractivity contribution < 1.29 is 36.3 Å². The molecular weight excluding hydrogens is 568 g/mol. The average Bonchev–Trinajstić information content (AvgIpc) is 3.07. The number of benzene rings is 1. The van der Waals surface area contributed by atoms with Crippen molar-refractivity contribution in [1.29, 1.82) is 0 Å². The van der Waals surface area contributed by atoms with E-state index in [0.717, 1.165) is 33.2 Å². The summed E-state index contributed by atoms with van der Waals surface area (Å²) >= 11 is 7.00. The van der Waals surface area contributed by atoms with Gasteiger partial charge in [-0.05, 0) is 12.2 Å². The molecule has 4 N–H and O–H groups in total. The van der Waals surface area contributed by atoms with Crippen LogP contribution in [0.3, 0.4) is 0 Å². The predicted octanol–water partition coefficient (Wildman–Crippen LogP) is 0.654. The van der Waals surface area contributed by atoms with Crippen LogP contribution in [0.1, 0.15) is 23.7 Å².